The Bertz CT molecular complexity index is 474. The minimum atomic E-state index is -1.07. The molecule has 0 spiro atoms. The number of nitrogens with zero attached hydrogens (tertiary/aromatic N) is 1. The van der Waals surface area contributed by atoms with Gasteiger partial charge < -0.3 is 10.2 Å². The molecule has 1 aliphatic heterocycles. The van der Waals surface area contributed by atoms with Crippen LogP contribution in [-0.4, -0.2) is 29.1 Å². The molecule has 0 bridgehead atoms. The Balaban J connectivity index is 2.35. The molecule has 0 aliphatic carbocycles. The average Bonchev–Trinajstić information content (AvgIpc) is 2.55. The molecule has 6 heteroatoms. The van der Waals surface area contributed by atoms with E-state index in [4.69, 9.17) is 5.41 Å². The van der Waals surface area contributed by atoms with Gasteiger partial charge in [0.05, 0.1) is 11.1 Å². The van der Waals surface area contributed by atoms with Gasteiger partial charge in [-0.15, -0.1) is 0 Å². The molecule has 80 valence electrons. The Morgan fingerprint density at radius 2 is 1.69 bits per heavy atom. The number of hydrogen-bond acceptors (Lipinski definition) is 5. The van der Waals surface area contributed by atoms with E-state index < -0.39 is 17.8 Å². The summed E-state index contributed by atoms with van der Waals surface area (Å²) in [6, 6.07) is 6.14. The van der Waals surface area contributed by atoms with Gasteiger partial charge in [0, 0.05) is 0 Å². The van der Waals surface area contributed by atoms with Crippen molar-refractivity contribution in [2.75, 3.05) is 0 Å². The Labute approximate surface area is 89.9 Å². The zero-order valence-corrected chi connectivity index (χ0v) is 7.97. The van der Waals surface area contributed by atoms with E-state index in [-0.39, 0.29) is 11.1 Å². The highest BCUT2D eigenvalue weighted by atomic mass is 16.7. The molecule has 0 aromatic heterocycles. The lowest BCUT2D eigenvalue weighted by Gasteiger charge is -2.09. The lowest BCUT2D eigenvalue weighted by atomic mass is 10.1. The summed E-state index contributed by atoms with van der Waals surface area (Å²) < 4.78 is 0. The van der Waals surface area contributed by atoms with Crippen LogP contribution in [0.5, 0.6) is 0 Å². The van der Waals surface area contributed by atoms with Crippen molar-refractivity contribution in [3.8, 4) is 0 Å². The zero-order valence-electron chi connectivity index (χ0n) is 7.97. The van der Waals surface area contributed by atoms with E-state index in [9.17, 15) is 14.4 Å². The van der Waals surface area contributed by atoms with Crippen molar-refractivity contribution in [3.63, 3.8) is 0 Å². The molecular weight excluding hydrogens is 212 g/mol. The molecule has 6 nitrogen and oxygen atoms in total. The first-order valence-electron chi connectivity index (χ1n) is 4.35. The molecule has 1 heterocycles. The van der Waals surface area contributed by atoms with Crippen LogP contribution in [0, 0.1) is 5.41 Å². The first kappa shape index (κ1) is 10.0. The molecular formula is C10H6N2O4. The van der Waals surface area contributed by atoms with Crippen LogP contribution < -0.4 is 0 Å². The van der Waals surface area contributed by atoms with Crippen molar-refractivity contribution in [1.29, 1.82) is 5.41 Å². The first-order valence-corrected chi connectivity index (χ1v) is 4.35. The average molecular weight is 218 g/mol. The second-order valence-electron chi connectivity index (χ2n) is 3.00. The number of rotatable bonds is 2. The Morgan fingerprint density at radius 3 is 2.12 bits per heavy atom. The van der Waals surface area contributed by atoms with Crippen molar-refractivity contribution in [3.05, 3.63) is 35.4 Å². The van der Waals surface area contributed by atoms with Gasteiger partial charge in [0.1, 0.15) is 6.21 Å². The van der Waals surface area contributed by atoms with Crippen LogP contribution in [0.15, 0.2) is 24.3 Å². The van der Waals surface area contributed by atoms with E-state index in [0.717, 1.165) is 0 Å². The maximum atomic E-state index is 11.6. The summed E-state index contributed by atoms with van der Waals surface area (Å²) >= 11 is 0. The number of imide groups is 1. The van der Waals surface area contributed by atoms with E-state index in [1.54, 1.807) is 12.1 Å². The highest BCUT2D eigenvalue weighted by molar-refractivity contribution is 6.25. The zero-order chi connectivity index (χ0) is 11.7. The fourth-order valence-corrected chi connectivity index (χ4v) is 1.37. The van der Waals surface area contributed by atoms with E-state index in [2.05, 4.69) is 4.84 Å². The van der Waals surface area contributed by atoms with Gasteiger partial charge >= 0.3 is 5.97 Å². The standard InChI is InChI=1S/C10H6N2O4/c11-5-8(13)16-12-9(14)6-3-1-2-4-7(6)10(12)15/h1-5,11H. The third-order valence-electron chi connectivity index (χ3n) is 2.06. The van der Waals surface area contributed by atoms with Gasteiger partial charge in [0.25, 0.3) is 11.8 Å². The van der Waals surface area contributed by atoms with E-state index in [0.29, 0.717) is 11.3 Å². The van der Waals surface area contributed by atoms with Crippen molar-refractivity contribution >= 4 is 24.0 Å². The first-order chi connectivity index (χ1) is 7.65. The number of hydrogen-bond donors (Lipinski definition) is 1. The van der Waals surface area contributed by atoms with Crippen LogP contribution in [0.4, 0.5) is 0 Å². The fourth-order valence-electron chi connectivity index (χ4n) is 1.37. The molecule has 1 aliphatic rings. The van der Waals surface area contributed by atoms with Crippen molar-refractivity contribution in [1.82, 2.24) is 5.06 Å². The van der Waals surface area contributed by atoms with Crippen molar-refractivity contribution < 1.29 is 19.2 Å². The Kier molecular flexibility index (Phi) is 2.24. The minimum Gasteiger partial charge on any atom is -0.323 e. The molecule has 0 radical (unpaired) electrons. The van der Waals surface area contributed by atoms with E-state index >= 15 is 0 Å². The molecule has 0 saturated carbocycles. The predicted molar refractivity (Wildman–Crippen MR) is 51.8 cm³/mol. The third-order valence-corrected chi connectivity index (χ3v) is 2.06. The maximum Gasteiger partial charge on any atom is 0.374 e. The molecule has 1 aromatic rings. The summed E-state index contributed by atoms with van der Waals surface area (Å²) in [6.07, 6.45) is 0.379. The second kappa shape index (κ2) is 3.58. The van der Waals surface area contributed by atoms with Crippen LogP contribution in [0.3, 0.4) is 0 Å². The topological polar surface area (TPSA) is 87.5 Å². The highest BCUT2D eigenvalue weighted by Crippen LogP contribution is 2.22. The summed E-state index contributed by atoms with van der Waals surface area (Å²) in [5.41, 5.74) is 0.371. The largest absolute Gasteiger partial charge is 0.374 e. The molecule has 0 saturated heterocycles. The minimum absolute atomic E-state index is 0.185. The van der Waals surface area contributed by atoms with Gasteiger partial charge in [-0.1, -0.05) is 17.2 Å². The number of carbonyl (C=O) groups excluding carboxylic acids is 3. The van der Waals surface area contributed by atoms with Crippen LogP contribution in [0.2, 0.25) is 0 Å². The van der Waals surface area contributed by atoms with E-state index in [1.807, 2.05) is 0 Å². The normalized spacial score (nSPS) is 13.6. The van der Waals surface area contributed by atoms with Gasteiger partial charge in [-0.3, -0.25) is 9.59 Å². The van der Waals surface area contributed by atoms with Crippen LogP contribution in [-0.2, 0) is 9.63 Å². The molecule has 1 N–H and O–H groups in total. The van der Waals surface area contributed by atoms with Crippen LogP contribution in [0.1, 0.15) is 20.7 Å². The lowest BCUT2D eigenvalue weighted by molar-refractivity contribution is -0.159. The number of fused-ring (bicyclic) bond motifs is 1. The summed E-state index contributed by atoms with van der Waals surface area (Å²) in [4.78, 5) is 38.4. The SMILES string of the molecule is N=CC(=O)ON1C(=O)c2ccccc2C1=O. The molecule has 2 rings (SSSR count). The van der Waals surface area contributed by atoms with Gasteiger partial charge in [-0.05, 0) is 12.1 Å². The summed E-state index contributed by atoms with van der Waals surface area (Å²) in [7, 11) is 0. The van der Waals surface area contributed by atoms with Crippen LogP contribution >= 0.6 is 0 Å². The van der Waals surface area contributed by atoms with Crippen molar-refractivity contribution in [2.45, 2.75) is 0 Å². The fraction of sp³-hybridized carbons (Fsp3) is 0. The maximum absolute atomic E-state index is 11.6. The third kappa shape index (κ3) is 1.36. The highest BCUT2D eigenvalue weighted by Gasteiger charge is 2.38. The summed E-state index contributed by atoms with van der Waals surface area (Å²) in [5.74, 6) is -2.47. The smallest absolute Gasteiger partial charge is 0.323 e. The summed E-state index contributed by atoms with van der Waals surface area (Å²) in [5, 5.41) is 6.98. The van der Waals surface area contributed by atoms with Gasteiger partial charge in [-0.25, -0.2) is 4.79 Å². The molecule has 1 aromatic carbocycles. The molecule has 16 heavy (non-hydrogen) atoms. The summed E-state index contributed by atoms with van der Waals surface area (Å²) in [6.45, 7) is 0. The quantitative estimate of drug-likeness (QED) is 0.574. The lowest BCUT2D eigenvalue weighted by Crippen LogP contribution is -2.32. The molecule has 0 fully saturated rings. The number of nitrogens with one attached hydrogen (secondary N) is 1. The van der Waals surface area contributed by atoms with Gasteiger partial charge in [-0.2, -0.15) is 0 Å². The molecule has 0 atom stereocenters. The Morgan fingerprint density at radius 1 is 1.19 bits per heavy atom. The van der Waals surface area contributed by atoms with E-state index in [1.165, 1.54) is 12.1 Å². The number of hydroxylamine groups is 2. The van der Waals surface area contributed by atoms with Gasteiger partial charge in [0.2, 0.25) is 0 Å². The monoisotopic (exact) mass is 218 g/mol. The number of carbonyl (C=O) groups is 3. The second-order valence-corrected chi connectivity index (χ2v) is 3.00. The number of benzene rings is 1. The number of amides is 2. The molecule has 2 amide bonds. The van der Waals surface area contributed by atoms with Crippen molar-refractivity contribution in [2.24, 2.45) is 0 Å². The Hall–Kier alpha value is -2.50. The predicted octanol–water partition coefficient (Wildman–Crippen LogP) is 0.390. The molecule has 0 unspecified atom stereocenters. The van der Waals surface area contributed by atoms with Crippen LogP contribution in [0.25, 0.3) is 0 Å². The van der Waals surface area contributed by atoms with Gasteiger partial charge in [0.15, 0.2) is 0 Å².